The summed E-state index contributed by atoms with van der Waals surface area (Å²) in [4.78, 5) is 0. The van der Waals surface area contributed by atoms with E-state index in [1.807, 2.05) is 27.7 Å². The SMILES string of the molecule is C=C/C(F)=C\C=C(C)C.CC.CCCC(C)C. The second kappa shape index (κ2) is 17.5. The second-order valence-electron chi connectivity index (χ2n) is 4.18. The first kappa shape index (κ1) is 21.4. The summed E-state index contributed by atoms with van der Waals surface area (Å²) in [6, 6.07) is 0. The van der Waals surface area contributed by atoms with Crippen LogP contribution in [-0.4, -0.2) is 0 Å². The van der Waals surface area contributed by atoms with Crippen LogP contribution in [0.25, 0.3) is 0 Å². The van der Waals surface area contributed by atoms with Gasteiger partial charge in [0, 0.05) is 0 Å². The van der Waals surface area contributed by atoms with E-state index in [2.05, 4.69) is 27.4 Å². The number of rotatable bonds is 4. The maximum atomic E-state index is 12.2. The monoisotopic (exact) mass is 242 g/mol. The van der Waals surface area contributed by atoms with Gasteiger partial charge in [0.2, 0.25) is 0 Å². The summed E-state index contributed by atoms with van der Waals surface area (Å²) in [6.07, 6.45) is 6.98. The van der Waals surface area contributed by atoms with Crippen molar-refractivity contribution in [3.05, 3.63) is 36.2 Å². The van der Waals surface area contributed by atoms with Gasteiger partial charge in [0.05, 0.1) is 0 Å². The van der Waals surface area contributed by atoms with Gasteiger partial charge in [-0.1, -0.05) is 65.7 Å². The van der Waals surface area contributed by atoms with Gasteiger partial charge >= 0.3 is 0 Å². The highest BCUT2D eigenvalue weighted by Gasteiger charge is 1.85. The fourth-order valence-electron chi connectivity index (χ4n) is 0.892. The van der Waals surface area contributed by atoms with Gasteiger partial charge < -0.3 is 0 Å². The minimum Gasteiger partial charge on any atom is -0.207 e. The third-order valence-corrected chi connectivity index (χ3v) is 1.64. The normalized spacial score (nSPS) is 9.59. The zero-order valence-electron chi connectivity index (χ0n) is 12.8. The molecule has 0 atom stereocenters. The van der Waals surface area contributed by atoms with Crippen LogP contribution < -0.4 is 0 Å². The molecule has 0 N–H and O–H groups in total. The molecule has 0 aromatic heterocycles. The number of allylic oxidation sites excluding steroid dienone is 5. The fourth-order valence-corrected chi connectivity index (χ4v) is 0.892. The predicted molar refractivity (Wildman–Crippen MR) is 79.9 cm³/mol. The fraction of sp³-hybridized carbons (Fsp3) is 0.625. The molecule has 0 nitrogen and oxygen atoms in total. The molecule has 0 rings (SSSR count). The Bertz CT molecular complexity index is 206. The molecule has 0 saturated carbocycles. The first-order chi connectivity index (χ1) is 7.93. The summed E-state index contributed by atoms with van der Waals surface area (Å²) in [5.41, 5.74) is 1.08. The van der Waals surface area contributed by atoms with Gasteiger partial charge in [-0.3, -0.25) is 0 Å². The highest BCUT2D eigenvalue weighted by atomic mass is 19.1. The zero-order valence-corrected chi connectivity index (χ0v) is 12.8. The van der Waals surface area contributed by atoms with E-state index < -0.39 is 0 Å². The molecule has 0 bridgehead atoms. The molecule has 0 aromatic rings. The van der Waals surface area contributed by atoms with Gasteiger partial charge in [-0.05, 0) is 31.9 Å². The molecule has 0 aliphatic heterocycles. The first-order valence-electron chi connectivity index (χ1n) is 6.57. The van der Waals surface area contributed by atoms with Gasteiger partial charge in [0.1, 0.15) is 5.83 Å². The highest BCUT2D eigenvalue weighted by Crippen LogP contribution is 2.00. The van der Waals surface area contributed by atoms with E-state index in [1.165, 1.54) is 25.0 Å². The predicted octanol–water partition coefficient (Wildman–Crippen LogP) is 6.46. The Labute approximate surface area is 108 Å². The van der Waals surface area contributed by atoms with Crippen LogP contribution in [0.2, 0.25) is 0 Å². The number of halogens is 1. The van der Waals surface area contributed by atoms with Gasteiger partial charge in [0.15, 0.2) is 0 Å². The Kier molecular flexibility index (Phi) is 22.1. The molecular formula is C16H31F. The van der Waals surface area contributed by atoms with E-state index in [0.29, 0.717) is 0 Å². The summed E-state index contributed by atoms with van der Waals surface area (Å²) in [6.45, 7) is 17.8. The Hall–Kier alpha value is -0.850. The molecule has 1 heteroatoms. The van der Waals surface area contributed by atoms with Crippen LogP contribution in [-0.2, 0) is 0 Å². The molecule has 0 spiro atoms. The van der Waals surface area contributed by atoms with Crippen LogP contribution in [0.4, 0.5) is 4.39 Å². The maximum Gasteiger partial charge on any atom is 0.122 e. The molecule has 0 saturated heterocycles. The topological polar surface area (TPSA) is 0 Å². The van der Waals surface area contributed by atoms with Gasteiger partial charge in [-0.25, -0.2) is 4.39 Å². The zero-order chi connectivity index (χ0) is 14.3. The lowest BCUT2D eigenvalue weighted by Gasteiger charge is -1.95. The van der Waals surface area contributed by atoms with E-state index in [0.717, 1.165) is 11.5 Å². The molecule has 0 fully saturated rings. The standard InChI is InChI=1S/C8H11F.C6H14.C2H6/c1-4-8(9)6-5-7(2)3;1-4-5-6(2)3;1-2/h4-6H,1H2,2-3H3;6H,4-5H2,1-3H3;1-2H3/b8-6+;;. The van der Waals surface area contributed by atoms with Crippen molar-refractivity contribution in [2.45, 2.75) is 61.3 Å². The number of hydrogen-bond acceptors (Lipinski definition) is 0. The summed E-state index contributed by atoms with van der Waals surface area (Å²) in [7, 11) is 0. The first-order valence-corrected chi connectivity index (χ1v) is 6.57. The van der Waals surface area contributed by atoms with Crippen molar-refractivity contribution in [1.29, 1.82) is 0 Å². The van der Waals surface area contributed by atoms with E-state index in [4.69, 9.17) is 0 Å². The van der Waals surface area contributed by atoms with Crippen LogP contribution in [0.1, 0.15) is 61.3 Å². The highest BCUT2D eigenvalue weighted by molar-refractivity contribution is 5.17. The minimum atomic E-state index is -0.295. The summed E-state index contributed by atoms with van der Waals surface area (Å²) in [5, 5.41) is 0. The van der Waals surface area contributed by atoms with E-state index >= 15 is 0 Å². The van der Waals surface area contributed by atoms with Crippen molar-refractivity contribution in [3.63, 3.8) is 0 Å². The maximum absolute atomic E-state index is 12.2. The largest absolute Gasteiger partial charge is 0.207 e. The van der Waals surface area contributed by atoms with Crippen molar-refractivity contribution >= 4 is 0 Å². The lowest BCUT2D eigenvalue weighted by molar-refractivity contribution is 0.576. The van der Waals surface area contributed by atoms with Crippen LogP contribution in [0, 0.1) is 5.92 Å². The number of hydrogen-bond donors (Lipinski definition) is 0. The van der Waals surface area contributed by atoms with Crippen molar-refractivity contribution in [1.82, 2.24) is 0 Å². The van der Waals surface area contributed by atoms with E-state index in [1.54, 1.807) is 6.08 Å². The third kappa shape index (κ3) is 31.3. The van der Waals surface area contributed by atoms with Crippen molar-refractivity contribution in [3.8, 4) is 0 Å². The molecule has 17 heavy (non-hydrogen) atoms. The Balaban J connectivity index is -0.000000213. The lowest BCUT2D eigenvalue weighted by Crippen LogP contribution is -1.81. The molecule has 0 heterocycles. The van der Waals surface area contributed by atoms with Gasteiger partial charge in [-0.15, -0.1) is 0 Å². The van der Waals surface area contributed by atoms with Crippen LogP contribution in [0.3, 0.4) is 0 Å². The Morgan fingerprint density at radius 3 is 1.82 bits per heavy atom. The average molecular weight is 242 g/mol. The average Bonchev–Trinajstić information content (AvgIpc) is 2.29. The third-order valence-electron chi connectivity index (χ3n) is 1.64. The summed E-state index contributed by atoms with van der Waals surface area (Å²) < 4.78 is 12.2. The van der Waals surface area contributed by atoms with Gasteiger partial charge in [-0.2, -0.15) is 0 Å². The molecule has 0 aliphatic carbocycles. The van der Waals surface area contributed by atoms with E-state index in [9.17, 15) is 4.39 Å². The van der Waals surface area contributed by atoms with Crippen LogP contribution >= 0.6 is 0 Å². The minimum absolute atomic E-state index is 0.295. The molecule has 0 radical (unpaired) electrons. The summed E-state index contributed by atoms with van der Waals surface area (Å²) in [5.74, 6) is 0.603. The van der Waals surface area contributed by atoms with E-state index in [-0.39, 0.29) is 5.83 Å². The second-order valence-corrected chi connectivity index (χ2v) is 4.18. The Morgan fingerprint density at radius 2 is 1.65 bits per heavy atom. The Morgan fingerprint density at radius 1 is 1.18 bits per heavy atom. The smallest absolute Gasteiger partial charge is 0.122 e. The molecule has 0 unspecified atom stereocenters. The van der Waals surface area contributed by atoms with Crippen molar-refractivity contribution in [2.24, 2.45) is 5.92 Å². The summed E-state index contributed by atoms with van der Waals surface area (Å²) >= 11 is 0. The lowest BCUT2D eigenvalue weighted by atomic mass is 10.1. The van der Waals surface area contributed by atoms with Crippen molar-refractivity contribution in [2.75, 3.05) is 0 Å². The van der Waals surface area contributed by atoms with Crippen molar-refractivity contribution < 1.29 is 4.39 Å². The van der Waals surface area contributed by atoms with Crippen LogP contribution in [0.15, 0.2) is 36.2 Å². The molecule has 0 aliphatic rings. The molecular weight excluding hydrogens is 211 g/mol. The molecule has 0 aromatic carbocycles. The van der Waals surface area contributed by atoms with Crippen LogP contribution in [0.5, 0.6) is 0 Å². The van der Waals surface area contributed by atoms with Gasteiger partial charge in [0.25, 0.3) is 0 Å². The molecule has 0 amide bonds. The molecule has 102 valence electrons. The quantitative estimate of drug-likeness (QED) is 0.496.